The zero-order chi connectivity index (χ0) is 10.6. The Balaban J connectivity index is 2.94. The third kappa shape index (κ3) is 3.03. The summed E-state index contributed by atoms with van der Waals surface area (Å²) >= 11 is -1.33. The van der Waals surface area contributed by atoms with Gasteiger partial charge in [0.25, 0.3) is 0 Å². The number of rotatable bonds is 4. The van der Waals surface area contributed by atoms with E-state index in [-0.39, 0.29) is 6.10 Å². The molecule has 1 aromatic rings. The molecule has 1 rings (SSSR count). The van der Waals surface area contributed by atoms with Gasteiger partial charge in [-0.25, -0.2) is 0 Å². The van der Waals surface area contributed by atoms with Gasteiger partial charge in [-0.15, -0.1) is 0 Å². The van der Waals surface area contributed by atoms with Crippen molar-refractivity contribution in [3.63, 3.8) is 0 Å². The van der Waals surface area contributed by atoms with Gasteiger partial charge < -0.3 is 0 Å². The van der Waals surface area contributed by atoms with E-state index in [0.29, 0.717) is 0 Å². The van der Waals surface area contributed by atoms with E-state index >= 15 is 0 Å². The molecule has 78 valence electrons. The van der Waals surface area contributed by atoms with E-state index in [1.807, 2.05) is 0 Å². The van der Waals surface area contributed by atoms with Gasteiger partial charge in [0.15, 0.2) is 0 Å². The minimum absolute atomic E-state index is 0.258. The van der Waals surface area contributed by atoms with E-state index in [1.165, 1.54) is 5.56 Å². The molecule has 2 heteroatoms. The van der Waals surface area contributed by atoms with E-state index in [4.69, 9.17) is 4.74 Å². The molecule has 0 N–H and O–H groups in total. The Hall–Kier alpha value is 0.0631. The Kier molecular flexibility index (Phi) is 5.05. The van der Waals surface area contributed by atoms with Gasteiger partial charge >= 0.3 is 95.4 Å². The summed E-state index contributed by atoms with van der Waals surface area (Å²) in [6.07, 6.45) is 0.258. The number of benzene rings is 1. The molecule has 0 amide bonds. The van der Waals surface area contributed by atoms with Crippen molar-refractivity contribution < 1.29 is 4.74 Å². The molecule has 0 aliphatic heterocycles. The molecule has 0 spiro atoms. The van der Waals surface area contributed by atoms with Crippen LogP contribution < -0.4 is 3.27 Å². The van der Waals surface area contributed by atoms with Crippen molar-refractivity contribution >= 4 is 25.0 Å². The van der Waals surface area contributed by atoms with E-state index in [9.17, 15) is 0 Å². The summed E-state index contributed by atoms with van der Waals surface area (Å²) in [5.74, 6) is 0. The van der Waals surface area contributed by atoms with Crippen molar-refractivity contribution in [3.8, 4) is 0 Å². The van der Waals surface area contributed by atoms with Crippen molar-refractivity contribution in [2.45, 2.75) is 29.2 Å². The molecule has 1 aromatic carbocycles. The second-order valence-corrected chi connectivity index (χ2v) is 12.4. The van der Waals surface area contributed by atoms with Gasteiger partial charge in [-0.1, -0.05) is 0 Å². The Morgan fingerprint density at radius 1 is 1.29 bits per heavy atom. The van der Waals surface area contributed by atoms with Crippen molar-refractivity contribution in [2.75, 3.05) is 6.61 Å². The molecule has 0 aromatic heterocycles. The van der Waals surface area contributed by atoms with Crippen LogP contribution in [-0.2, 0) is 4.74 Å². The summed E-state index contributed by atoms with van der Waals surface area (Å²) in [4.78, 5) is 0. The van der Waals surface area contributed by atoms with Crippen molar-refractivity contribution in [3.05, 3.63) is 29.8 Å². The average Bonchev–Trinajstić information content (AvgIpc) is 2.18. The first-order chi connectivity index (χ1) is 6.66. The Bertz CT molecular complexity index is 283. The second-order valence-electron chi connectivity index (χ2n) is 3.55. The quantitative estimate of drug-likeness (QED) is 0.721. The fourth-order valence-electron chi connectivity index (χ4n) is 1.58. The van der Waals surface area contributed by atoms with Gasteiger partial charge in [0, 0.05) is 0 Å². The van der Waals surface area contributed by atoms with Crippen LogP contribution in [0.2, 0.25) is 9.26 Å². The third-order valence-corrected chi connectivity index (χ3v) is 7.60. The van der Waals surface area contributed by atoms with Gasteiger partial charge in [0.2, 0.25) is 0 Å². The predicted molar refractivity (Wildman–Crippen MR) is 63.6 cm³/mol. The van der Waals surface area contributed by atoms with Gasteiger partial charge in [0.05, 0.1) is 0 Å². The predicted octanol–water partition coefficient (Wildman–Crippen LogP) is 2.75. The van der Waals surface area contributed by atoms with Crippen LogP contribution >= 0.6 is 0 Å². The Labute approximate surface area is 95.2 Å². The molecular weight excluding hydrogens is 369 g/mol. The molecule has 0 heterocycles. The Morgan fingerprint density at radius 3 is 2.50 bits per heavy atom. The van der Waals surface area contributed by atoms with Gasteiger partial charge in [-0.2, -0.15) is 0 Å². The fraction of sp³-hybridized carbons (Fsp3) is 0.500. The summed E-state index contributed by atoms with van der Waals surface area (Å²) in [6.45, 7) is 5.00. The van der Waals surface area contributed by atoms with Crippen LogP contribution in [0.1, 0.15) is 25.5 Å². The molecule has 0 radical (unpaired) electrons. The summed E-state index contributed by atoms with van der Waals surface area (Å²) in [6, 6.07) is 8.75. The normalized spacial score (nSPS) is 13.2. The van der Waals surface area contributed by atoms with Crippen molar-refractivity contribution in [2.24, 2.45) is 0 Å². The molecule has 0 aliphatic carbocycles. The molecule has 1 atom stereocenters. The monoisotopic (exact) mass is 388 g/mol. The van der Waals surface area contributed by atoms with Crippen LogP contribution in [0.15, 0.2) is 24.3 Å². The number of ether oxygens (including phenoxy) is 1. The van der Waals surface area contributed by atoms with Crippen molar-refractivity contribution in [1.29, 1.82) is 0 Å². The maximum atomic E-state index is 5.65. The van der Waals surface area contributed by atoms with Crippen LogP contribution in [0.25, 0.3) is 0 Å². The molecule has 0 saturated heterocycles. The van der Waals surface area contributed by atoms with Gasteiger partial charge in [-0.05, 0) is 0 Å². The van der Waals surface area contributed by atoms with E-state index in [1.54, 1.807) is 3.27 Å². The maximum absolute atomic E-state index is 5.65. The summed E-state index contributed by atoms with van der Waals surface area (Å²) < 4.78 is 12.1. The first-order valence-electron chi connectivity index (χ1n) is 5.04. The molecule has 0 bridgehead atoms. The number of hydrogen-bond acceptors (Lipinski definition) is 1. The van der Waals surface area contributed by atoms with Crippen LogP contribution in [0.3, 0.4) is 0 Å². The molecule has 0 aliphatic rings. The summed E-state index contributed by atoms with van der Waals surface area (Å²) in [5.41, 5.74) is 1.41. The number of hydrogen-bond donors (Lipinski definition) is 0. The minimum atomic E-state index is -1.33. The van der Waals surface area contributed by atoms with Crippen molar-refractivity contribution in [1.82, 2.24) is 0 Å². The molecule has 1 nitrogen and oxygen atoms in total. The molecule has 0 fully saturated rings. The van der Waals surface area contributed by atoms with E-state index in [2.05, 4.69) is 47.4 Å². The van der Waals surface area contributed by atoms with Crippen LogP contribution in [0.4, 0.5) is 0 Å². The fourth-order valence-corrected chi connectivity index (χ4v) is 6.08. The molecular formula is C12H19BiO. The second kappa shape index (κ2) is 5.83. The van der Waals surface area contributed by atoms with Crippen LogP contribution in [0.5, 0.6) is 0 Å². The summed E-state index contributed by atoms with van der Waals surface area (Å²) in [5, 5.41) is 0. The third-order valence-electron chi connectivity index (χ3n) is 2.27. The SMILES string of the molecule is CCOC(C)c1cccc[c]1[Bi]([CH3])[CH3]. The summed E-state index contributed by atoms with van der Waals surface area (Å²) in [7, 11) is 0. The first-order valence-corrected chi connectivity index (χ1v) is 13.7. The van der Waals surface area contributed by atoms with Crippen LogP contribution in [0, 0.1) is 0 Å². The van der Waals surface area contributed by atoms with E-state index in [0.717, 1.165) is 6.61 Å². The zero-order valence-electron chi connectivity index (χ0n) is 9.45. The molecule has 14 heavy (non-hydrogen) atoms. The molecule has 1 unspecified atom stereocenters. The van der Waals surface area contributed by atoms with Gasteiger partial charge in [-0.3, -0.25) is 0 Å². The van der Waals surface area contributed by atoms with Gasteiger partial charge in [0.1, 0.15) is 0 Å². The standard InChI is InChI=1S/C10H13O.2CH3.Bi/c1-3-11-9(2)10-7-5-4-6-8-10;;;/h4-7,9H,3H2,1-2H3;2*1H3;. The zero-order valence-corrected chi connectivity index (χ0v) is 12.9. The van der Waals surface area contributed by atoms with E-state index < -0.39 is 21.8 Å². The van der Waals surface area contributed by atoms with Crippen LogP contribution in [-0.4, -0.2) is 28.4 Å². The Morgan fingerprint density at radius 2 is 1.93 bits per heavy atom. The molecule has 0 saturated carbocycles. The average molecular weight is 388 g/mol. The first kappa shape index (κ1) is 12.1. The topological polar surface area (TPSA) is 9.23 Å².